The van der Waals surface area contributed by atoms with E-state index in [0.717, 1.165) is 19.3 Å². The van der Waals surface area contributed by atoms with E-state index in [4.69, 9.17) is 4.74 Å². The molecule has 1 saturated heterocycles. The zero-order valence-electron chi connectivity index (χ0n) is 11.3. The van der Waals surface area contributed by atoms with Crippen LogP contribution in [0.5, 0.6) is 0 Å². The van der Waals surface area contributed by atoms with E-state index in [0.29, 0.717) is 12.1 Å². The molecule has 104 valence electrons. The highest BCUT2D eigenvalue weighted by atomic mass is 32.1. The van der Waals surface area contributed by atoms with Gasteiger partial charge in [0.15, 0.2) is 0 Å². The molecule has 0 aromatic carbocycles. The van der Waals surface area contributed by atoms with Crippen LogP contribution in [0.4, 0.5) is 0 Å². The van der Waals surface area contributed by atoms with E-state index in [2.05, 4.69) is 21.7 Å². The molecule has 5 heteroatoms. The molecular formula is C14H20N2O2S. The van der Waals surface area contributed by atoms with Gasteiger partial charge in [-0.2, -0.15) is 0 Å². The predicted molar refractivity (Wildman–Crippen MR) is 74.9 cm³/mol. The Bertz CT molecular complexity index is 448. The summed E-state index contributed by atoms with van der Waals surface area (Å²) in [5.74, 6) is 0.222. The molecule has 4 nitrogen and oxygen atoms in total. The lowest BCUT2D eigenvalue weighted by Gasteiger charge is -2.29. The highest BCUT2D eigenvalue weighted by Gasteiger charge is 2.43. The molecule has 1 N–H and O–H groups in total. The maximum Gasteiger partial charge on any atom is 0.241 e. The number of carbonyl (C=O) groups excluding carboxylic acids is 1. The third kappa shape index (κ3) is 2.30. The van der Waals surface area contributed by atoms with Crippen LogP contribution in [0.3, 0.4) is 0 Å². The molecule has 1 aliphatic heterocycles. The normalized spacial score (nSPS) is 35.3. The van der Waals surface area contributed by atoms with Gasteiger partial charge in [0.25, 0.3) is 0 Å². The fraction of sp³-hybridized carbons (Fsp3) is 0.643. The number of nitrogens with zero attached hydrogens (tertiary/aromatic N) is 1. The molecule has 1 saturated carbocycles. The van der Waals surface area contributed by atoms with Gasteiger partial charge in [-0.1, -0.05) is 6.07 Å². The van der Waals surface area contributed by atoms with Crippen molar-refractivity contribution in [3.05, 3.63) is 22.4 Å². The molecule has 4 unspecified atom stereocenters. The van der Waals surface area contributed by atoms with Crippen LogP contribution in [0.25, 0.3) is 0 Å². The second kappa shape index (κ2) is 5.23. The van der Waals surface area contributed by atoms with Gasteiger partial charge in [0.05, 0.1) is 12.1 Å². The van der Waals surface area contributed by atoms with Gasteiger partial charge < -0.3 is 9.64 Å². The summed E-state index contributed by atoms with van der Waals surface area (Å²) in [6.45, 7) is 1.95. The third-order valence-corrected chi connectivity index (χ3v) is 5.13. The van der Waals surface area contributed by atoms with Gasteiger partial charge in [0.2, 0.25) is 5.91 Å². The van der Waals surface area contributed by atoms with Crippen molar-refractivity contribution in [2.45, 2.75) is 50.5 Å². The van der Waals surface area contributed by atoms with E-state index in [1.54, 1.807) is 18.4 Å². The van der Waals surface area contributed by atoms with Crippen LogP contribution in [0.1, 0.15) is 37.2 Å². The second-order valence-corrected chi connectivity index (χ2v) is 6.36. The molecule has 1 amide bonds. The number of nitrogens with one attached hydrogen (secondary N) is 1. The van der Waals surface area contributed by atoms with Gasteiger partial charge >= 0.3 is 0 Å². The Morgan fingerprint density at radius 3 is 2.95 bits per heavy atom. The quantitative estimate of drug-likeness (QED) is 0.922. The summed E-state index contributed by atoms with van der Waals surface area (Å²) in [7, 11) is 1.76. The number of thiophene rings is 1. The van der Waals surface area contributed by atoms with E-state index < -0.39 is 0 Å². The number of hydrogen-bond donors (Lipinski definition) is 1. The molecular weight excluding hydrogens is 260 g/mol. The van der Waals surface area contributed by atoms with Crippen LogP contribution in [-0.4, -0.2) is 36.1 Å². The molecule has 3 rings (SSSR count). The summed E-state index contributed by atoms with van der Waals surface area (Å²) < 4.78 is 5.43. The van der Waals surface area contributed by atoms with Crippen LogP contribution in [0.2, 0.25) is 0 Å². The van der Waals surface area contributed by atoms with Crippen molar-refractivity contribution in [3.63, 3.8) is 0 Å². The maximum atomic E-state index is 12.4. The Morgan fingerprint density at radius 2 is 2.32 bits per heavy atom. The third-order valence-electron chi connectivity index (χ3n) is 4.21. The summed E-state index contributed by atoms with van der Waals surface area (Å²) in [5, 5.41) is 5.48. The van der Waals surface area contributed by atoms with E-state index in [9.17, 15) is 4.79 Å². The molecule has 1 aromatic rings. The second-order valence-electron chi connectivity index (χ2n) is 5.38. The smallest absolute Gasteiger partial charge is 0.241 e. The van der Waals surface area contributed by atoms with Crippen molar-refractivity contribution in [3.8, 4) is 0 Å². The summed E-state index contributed by atoms with van der Waals surface area (Å²) in [4.78, 5) is 15.7. The van der Waals surface area contributed by atoms with Gasteiger partial charge in [-0.05, 0) is 37.6 Å². The Labute approximate surface area is 117 Å². The minimum Gasteiger partial charge on any atom is -0.381 e. The molecule has 19 heavy (non-hydrogen) atoms. The number of rotatable bonds is 3. The number of hydrogen-bond acceptors (Lipinski definition) is 4. The van der Waals surface area contributed by atoms with Crippen LogP contribution in [-0.2, 0) is 9.53 Å². The first-order chi connectivity index (χ1) is 9.20. The SMILES string of the molecule is COC1CCC(N2C(=O)C(C)NC2c2cccs2)C1. The van der Waals surface area contributed by atoms with Crippen molar-refractivity contribution >= 4 is 17.2 Å². The first kappa shape index (κ1) is 13.1. The van der Waals surface area contributed by atoms with Gasteiger partial charge in [-0.3, -0.25) is 10.1 Å². The van der Waals surface area contributed by atoms with Crippen LogP contribution >= 0.6 is 11.3 Å². The highest BCUT2D eigenvalue weighted by Crippen LogP contribution is 2.36. The largest absolute Gasteiger partial charge is 0.381 e. The molecule has 1 aliphatic carbocycles. The number of ether oxygens (including phenoxy) is 1. The van der Waals surface area contributed by atoms with Gasteiger partial charge in [0, 0.05) is 18.0 Å². The number of carbonyl (C=O) groups is 1. The average molecular weight is 280 g/mol. The first-order valence-corrected chi connectivity index (χ1v) is 7.73. The molecule has 4 atom stereocenters. The van der Waals surface area contributed by atoms with Crippen LogP contribution in [0, 0.1) is 0 Å². The van der Waals surface area contributed by atoms with Crippen LogP contribution < -0.4 is 5.32 Å². The summed E-state index contributed by atoms with van der Waals surface area (Å²) in [6.07, 6.45) is 3.40. The Morgan fingerprint density at radius 1 is 1.47 bits per heavy atom. The minimum absolute atomic E-state index is 0.0445. The summed E-state index contributed by atoms with van der Waals surface area (Å²) >= 11 is 1.71. The van der Waals surface area contributed by atoms with Crippen molar-refractivity contribution in [1.82, 2.24) is 10.2 Å². The van der Waals surface area contributed by atoms with Crippen molar-refractivity contribution in [2.75, 3.05) is 7.11 Å². The van der Waals surface area contributed by atoms with Crippen molar-refractivity contribution in [1.29, 1.82) is 0 Å². The van der Waals surface area contributed by atoms with Gasteiger partial charge in [-0.25, -0.2) is 0 Å². The molecule has 2 fully saturated rings. The fourth-order valence-electron chi connectivity index (χ4n) is 3.18. The van der Waals surface area contributed by atoms with Crippen molar-refractivity contribution < 1.29 is 9.53 Å². The lowest BCUT2D eigenvalue weighted by Crippen LogP contribution is -2.38. The summed E-state index contributed by atoms with van der Waals surface area (Å²) in [6, 6.07) is 4.36. The predicted octanol–water partition coefficient (Wildman–Crippen LogP) is 2.13. The average Bonchev–Trinajstić information content (AvgIpc) is 3.11. The molecule has 1 aromatic heterocycles. The molecule has 2 aliphatic rings. The Kier molecular flexibility index (Phi) is 3.60. The number of methoxy groups -OCH3 is 1. The van der Waals surface area contributed by atoms with E-state index in [1.165, 1.54) is 4.88 Å². The molecule has 2 heterocycles. The lowest BCUT2D eigenvalue weighted by atomic mass is 10.2. The monoisotopic (exact) mass is 280 g/mol. The minimum atomic E-state index is -0.0892. The van der Waals surface area contributed by atoms with Gasteiger partial charge in [0.1, 0.15) is 6.17 Å². The first-order valence-electron chi connectivity index (χ1n) is 6.85. The molecule has 0 bridgehead atoms. The maximum absolute atomic E-state index is 12.4. The zero-order valence-corrected chi connectivity index (χ0v) is 12.2. The van der Waals surface area contributed by atoms with Crippen molar-refractivity contribution in [2.24, 2.45) is 0 Å². The van der Waals surface area contributed by atoms with Crippen LogP contribution in [0.15, 0.2) is 17.5 Å². The fourth-order valence-corrected chi connectivity index (χ4v) is 3.96. The van der Waals surface area contributed by atoms with E-state index in [1.807, 2.05) is 13.0 Å². The van der Waals surface area contributed by atoms with E-state index in [-0.39, 0.29) is 18.1 Å². The Balaban J connectivity index is 1.82. The molecule has 0 spiro atoms. The molecule has 0 radical (unpaired) electrons. The lowest BCUT2D eigenvalue weighted by molar-refractivity contribution is -0.132. The highest BCUT2D eigenvalue weighted by molar-refractivity contribution is 7.10. The topological polar surface area (TPSA) is 41.6 Å². The summed E-state index contributed by atoms with van der Waals surface area (Å²) in [5.41, 5.74) is 0. The standard InChI is InChI=1S/C14H20N2O2S/c1-9-14(17)16(10-5-6-11(8-10)18-2)13(15-9)12-4-3-7-19-12/h3-4,7,9-11,13,15H,5-6,8H2,1-2H3. The number of amides is 1. The van der Waals surface area contributed by atoms with Gasteiger partial charge in [-0.15, -0.1) is 11.3 Å². The Hall–Kier alpha value is -0.910. The zero-order chi connectivity index (χ0) is 13.4. The van der Waals surface area contributed by atoms with E-state index >= 15 is 0 Å².